The highest BCUT2D eigenvalue weighted by Gasteiger charge is 2.44. The van der Waals surface area contributed by atoms with Crippen molar-refractivity contribution in [3.8, 4) is 5.75 Å². The van der Waals surface area contributed by atoms with Gasteiger partial charge in [0.25, 0.3) is 0 Å². The average Bonchev–Trinajstić information content (AvgIpc) is 2.90. The zero-order valence-corrected chi connectivity index (χ0v) is 15.6. The van der Waals surface area contributed by atoms with E-state index in [4.69, 9.17) is 14.4 Å². The molecule has 6 heteroatoms. The molecule has 0 radical (unpaired) electrons. The summed E-state index contributed by atoms with van der Waals surface area (Å²) in [7, 11) is 2.29. The summed E-state index contributed by atoms with van der Waals surface area (Å²) < 4.78 is 10.7. The first-order chi connectivity index (χ1) is 12.0. The van der Waals surface area contributed by atoms with Crippen LogP contribution in [0.25, 0.3) is 0 Å². The lowest BCUT2D eigenvalue weighted by Crippen LogP contribution is -2.27. The van der Waals surface area contributed by atoms with Gasteiger partial charge in [-0.05, 0) is 61.6 Å². The summed E-state index contributed by atoms with van der Waals surface area (Å²) in [5.41, 5.74) is 2.28. The normalized spacial score (nSPS) is 26.0. The van der Waals surface area contributed by atoms with Crippen LogP contribution in [0.3, 0.4) is 0 Å². The largest absolute Gasteiger partial charge is 0.482 e. The predicted octanol–water partition coefficient (Wildman–Crippen LogP) is 3.05. The van der Waals surface area contributed by atoms with Gasteiger partial charge in [-0.3, -0.25) is 4.79 Å². The van der Waals surface area contributed by atoms with Gasteiger partial charge in [0.1, 0.15) is 11.5 Å². The molecule has 0 saturated heterocycles. The first-order valence-corrected chi connectivity index (χ1v) is 9.30. The molecule has 136 valence electrons. The Kier molecular flexibility index (Phi) is 5.75. The molecule has 0 aliphatic heterocycles. The lowest BCUT2D eigenvalue weighted by molar-refractivity contribution is -0.139. The van der Waals surface area contributed by atoms with Crippen LogP contribution in [-0.4, -0.2) is 29.6 Å². The van der Waals surface area contributed by atoms with Crippen LogP contribution < -0.4 is 4.74 Å². The van der Waals surface area contributed by atoms with Gasteiger partial charge in [-0.25, -0.2) is 4.79 Å². The predicted molar refractivity (Wildman–Crippen MR) is 96.6 cm³/mol. The van der Waals surface area contributed by atoms with Crippen LogP contribution in [0.2, 0.25) is 0 Å². The Labute approximate surface area is 150 Å². The maximum absolute atomic E-state index is 12.5. The number of rotatable bonds is 7. The Morgan fingerprint density at radius 3 is 2.88 bits per heavy atom. The minimum atomic E-state index is -0.979. The first kappa shape index (κ1) is 18.3. The van der Waals surface area contributed by atoms with Gasteiger partial charge < -0.3 is 14.4 Å². The molecule has 0 aromatic heterocycles. The number of ketones is 1. The van der Waals surface area contributed by atoms with E-state index in [1.807, 2.05) is 19.1 Å². The molecule has 5 nitrogen and oxygen atoms in total. The maximum atomic E-state index is 12.5. The van der Waals surface area contributed by atoms with E-state index in [1.165, 1.54) is 5.56 Å². The second-order valence-corrected chi connectivity index (χ2v) is 7.48. The number of hydrogen-bond acceptors (Lipinski definition) is 4. The van der Waals surface area contributed by atoms with E-state index in [9.17, 15) is 9.59 Å². The average molecular weight is 364 g/mol. The van der Waals surface area contributed by atoms with Gasteiger partial charge in [-0.15, -0.1) is 0 Å². The SMILES string of the molecule is C[C@@H](CCC1C(=O)C[C@@H]2Cc3c(cccc3OCC(=O)O)C[C@H]12)OP. The van der Waals surface area contributed by atoms with Crippen molar-refractivity contribution in [2.24, 2.45) is 17.8 Å². The Balaban J connectivity index is 1.75. The molecule has 2 aliphatic carbocycles. The second kappa shape index (κ2) is 7.84. The van der Waals surface area contributed by atoms with E-state index in [-0.39, 0.29) is 18.6 Å². The summed E-state index contributed by atoms with van der Waals surface area (Å²) in [5, 5.41) is 8.84. The Bertz CT molecular complexity index is 659. The number of benzene rings is 1. The fourth-order valence-electron chi connectivity index (χ4n) is 4.34. The van der Waals surface area contributed by atoms with Gasteiger partial charge >= 0.3 is 5.97 Å². The molecule has 0 bridgehead atoms. The van der Waals surface area contributed by atoms with Crippen molar-refractivity contribution in [3.05, 3.63) is 29.3 Å². The molecular weight excluding hydrogens is 339 g/mol. The van der Waals surface area contributed by atoms with Gasteiger partial charge in [0, 0.05) is 21.8 Å². The number of ether oxygens (including phenoxy) is 1. The number of carbonyl (C=O) groups excluding carboxylic acids is 1. The van der Waals surface area contributed by atoms with Crippen molar-refractivity contribution in [2.75, 3.05) is 6.61 Å². The molecule has 1 saturated carbocycles. The van der Waals surface area contributed by atoms with Crippen LogP contribution in [0, 0.1) is 17.8 Å². The number of carboxylic acids is 1. The van der Waals surface area contributed by atoms with E-state index in [0.717, 1.165) is 31.2 Å². The second-order valence-electron chi connectivity index (χ2n) is 7.21. The standard InChI is InChI=1S/C19H25O5P/c1-11(24-25)5-6-14-15-7-12-3-2-4-18(23-10-19(21)22)16(12)8-13(15)9-17(14)20/h2-4,11,13-15H,5-10,25H2,1H3,(H,21,22)/t11-,13-,14?,15-/m0/s1. The Hall–Kier alpha value is -1.45. The highest BCUT2D eigenvalue weighted by atomic mass is 31.0. The molecule has 1 N–H and O–H groups in total. The number of fused-ring (bicyclic) bond motifs is 2. The summed E-state index contributed by atoms with van der Waals surface area (Å²) in [6, 6.07) is 5.81. The molecule has 0 heterocycles. The van der Waals surface area contributed by atoms with E-state index in [1.54, 1.807) is 0 Å². The summed E-state index contributed by atoms with van der Waals surface area (Å²) in [6.45, 7) is 1.69. The van der Waals surface area contributed by atoms with Crippen molar-refractivity contribution in [2.45, 2.75) is 45.1 Å². The molecule has 1 aromatic rings. The number of Topliss-reactive ketones (excluding diaryl/α,β-unsaturated/α-hetero) is 1. The molecule has 2 aliphatic rings. The third-order valence-corrected chi connectivity index (χ3v) is 6.08. The molecule has 3 rings (SSSR count). The zero-order valence-electron chi connectivity index (χ0n) is 14.4. The highest BCUT2D eigenvalue weighted by molar-refractivity contribution is 7.09. The van der Waals surface area contributed by atoms with Gasteiger partial charge in [0.05, 0.1) is 6.10 Å². The van der Waals surface area contributed by atoms with E-state index in [2.05, 4.69) is 15.5 Å². The van der Waals surface area contributed by atoms with E-state index < -0.39 is 5.97 Å². The molecular formula is C19H25O5P. The summed E-state index contributed by atoms with van der Waals surface area (Å²) in [6.07, 6.45) is 4.20. The number of hydrogen-bond donors (Lipinski definition) is 1. The van der Waals surface area contributed by atoms with Crippen LogP contribution in [-0.2, 0) is 27.0 Å². The minimum absolute atomic E-state index is 0.115. The van der Waals surface area contributed by atoms with E-state index >= 15 is 0 Å². The van der Waals surface area contributed by atoms with Crippen LogP contribution in [0.15, 0.2) is 18.2 Å². The van der Waals surface area contributed by atoms with Crippen molar-refractivity contribution < 1.29 is 24.0 Å². The van der Waals surface area contributed by atoms with Crippen LogP contribution in [0.5, 0.6) is 5.75 Å². The summed E-state index contributed by atoms with van der Waals surface area (Å²) in [4.78, 5) is 23.3. The Morgan fingerprint density at radius 2 is 2.16 bits per heavy atom. The molecule has 25 heavy (non-hydrogen) atoms. The van der Waals surface area contributed by atoms with Crippen molar-refractivity contribution in [1.29, 1.82) is 0 Å². The highest BCUT2D eigenvalue weighted by Crippen LogP contribution is 2.46. The van der Waals surface area contributed by atoms with Crippen LogP contribution in [0.1, 0.15) is 37.3 Å². The Morgan fingerprint density at radius 1 is 1.36 bits per heavy atom. The molecule has 1 aromatic carbocycles. The molecule has 5 atom stereocenters. The first-order valence-electron chi connectivity index (χ1n) is 8.83. The van der Waals surface area contributed by atoms with Gasteiger partial charge in [0.15, 0.2) is 6.61 Å². The van der Waals surface area contributed by atoms with E-state index in [0.29, 0.717) is 29.8 Å². The van der Waals surface area contributed by atoms with Crippen molar-refractivity contribution >= 4 is 21.2 Å². The number of carboxylic acid groups (broad SMARTS) is 1. The monoisotopic (exact) mass is 364 g/mol. The lowest BCUT2D eigenvalue weighted by Gasteiger charge is -2.31. The molecule has 2 unspecified atom stereocenters. The topological polar surface area (TPSA) is 72.8 Å². The summed E-state index contributed by atoms with van der Waals surface area (Å²) >= 11 is 0. The van der Waals surface area contributed by atoms with Crippen LogP contribution in [0.4, 0.5) is 0 Å². The van der Waals surface area contributed by atoms with Gasteiger partial charge in [0.2, 0.25) is 0 Å². The third kappa shape index (κ3) is 4.04. The van der Waals surface area contributed by atoms with Crippen molar-refractivity contribution in [3.63, 3.8) is 0 Å². The zero-order chi connectivity index (χ0) is 18.0. The van der Waals surface area contributed by atoms with Gasteiger partial charge in [-0.2, -0.15) is 0 Å². The quantitative estimate of drug-likeness (QED) is 0.753. The minimum Gasteiger partial charge on any atom is -0.482 e. The maximum Gasteiger partial charge on any atom is 0.341 e. The fraction of sp³-hybridized carbons (Fsp3) is 0.579. The summed E-state index contributed by atoms with van der Waals surface area (Å²) in [5.74, 6) is 0.876. The fourth-order valence-corrected chi connectivity index (χ4v) is 4.48. The number of aliphatic carboxylic acids is 1. The van der Waals surface area contributed by atoms with Gasteiger partial charge in [-0.1, -0.05) is 12.1 Å². The molecule has 1 fully saturated rings. The molecule has 0 spiro atoms. The lowest BCUT2D eigenvalue weighted by atomic mass is 9.73. The smallest absolute Gasteiger partial charge is 0.341 e. The molecule has 0 amide bonds. The van der Waals surface area contributed by atoms with Crippen molar-refractivity contribution in [1.82, 2.24) is 0 Å². The number of carbonyl (C=O) groups is 2. The van der Waals surface area contributed by atoms with Crippen LogP contribution >= 0.6 is 9.47 Å². The third-order valence-electron chi connectivity index (χ3n) is 5.62.